The van der Waals surface area contributed by atoms with Crippen molar-refractivity contribution in [1.29, 1.82) is 0 Å². The van der Waals surface area contributed by atoms with Crippen LogP contribution in [0.15, 0.2) is 79.0 Å². The van der Waals surface area contributed by atoms with Crippen molar-refractivity contribution in [3.05, 3.63) is 106 Å². The van der Waals surface area contributed by atoms with Crippen molar-refractivity contribution in [1.82, 2.24) is 9.78 Å². The van der Waals surface area contributed by atoms with E-state index < -0.39 is 0 Å². The number of halogens is 1. The lowest BCUT2D eigenvalue weighted by Crippen LogP contribution is -2.07. The van der Waals surface area contributed by atoms with Gasteiger partial charge in [0.05, 0.1) is 5.56 Å². The number of carbonyl (C=O) groups excluding carboxylic acids is 1. The van der Waals surface area contributed by atoms with Crippen molar-refractivity contribution in [2.45, 2.75) is 6.92 Å². The molecule has 152 valence electrons. The third kappa shape index (κ3) is 3.45. The molecule has 0 saturated carbocycles. The molecule has 0 fully saturated rings. The second-order valence-electron chi connectivity index (χ2n) is 7.51. The highest BCUT2D eigenvalue weighted by Crippen LogP contribution is 2.45. The number of fused-ring (bicyclic) bond motifs is 3. The van der Waals surface area contributed by atoms with Gasteiger partial charge in [0.2, 0.25) is 0 Å². The van der Waals surface area contributed by atoms with E-state index in [9.17, 15) is 4.79 Å². The fraction of sp³-hybridized carbons (Fsp3) is 0.0769. The minimum atomic E-state index is 0.0321. The summed E-state index contributed by atoms with van der Waals surface area (Å²) < 4.78 is 8.28. The third-order valence-corrected chi connectivity index (χ3v) is 5.62. The number of para-hydroxylation sites is 1. The van der Waals surface area contributed by atoms with Crippen LogP contribution in [0.4, 0.5) is 0 Å². The van der Waals surface area contributed by atoms with Gasteiger partial charge in [0.15, 0.2) is 5.78 Å². The third-order valence-electron chi connectivity index (χ3n) is 5.37. The number of ether oxygens (including phenoxy) is 1. The molecule has 0 N–H and O–H groups in total. The van der Waals surface area contributed by atoms with Crippen molar-refractivity contribution >= 4 is 28.7 Å². The lowest BCUT2D eigenvalue weighted by Gasteiger charge is -2.23. The highest BCUT2D eigenvalue weighted by molar-refractivity contribution is 6.30. The number of rotatable bonds is 3. The molecule has 1 aliphatic heterocycles. The lowest BCUT2D eigenvalue weighted by atomic mass is 9.91. The van der Waals surface area contributed by atoms with Gasteiger partial charge in [-0.05, 0) is 42.3 Å². The number of carbonyl (C=O) groups is 1. The van der Waals surface area contributed by atoms with Crippen molar-refractivity contribution < 1.29 is 9.53 Å². The molecule has 0 radical (unpaired) electrons. The molecule has 3 aromatic carbocycles. The van der Waals surface area contributed by atoms with E-state index in [0.717, 1.165) is 45.0 Å². The molecule has 1 aromatic heterocycles. The molecule has 1 aliphatic rings. The Morgan fingerprint density at radius 1 is 0.871 bits per heavy atom. The molecular formula is C26H19ClN2O2. The van der Waals surface area contributed by atoms with Crippen LogP contribution >= 0.6 is 11.6 Å². The Morgan fingerprint density at radius 3 is 2.16 bits per heavy atom. The number of aryl methyl sites for hydroxylation is 1. The monoisotopic (exact) mass is 426 g/mol. The van der Waals surface area contributed by atoms with E-state index in [0.29, 0.717) is 10.6 Å². The van der Waals surface area contributed by atoms with Crippen LogP contribution in [0.1, 0.15) is 34.0 Å². The van der Waals surface area contributed by atoms with Crippen LogP contribution in [0, 0.1) is 0 Å². The van der Waals surface area contributed by atoms with Gasteiger partial charge in [0.1, 0.15) is 17.2 Å². The van der Waals surface area contributed by atoms with Crippen LogP contribution in [-0.4, -0.2) is 15.6 Å². The first-order valence-electron chi connectivity index (χ1n) is 9.94. The van der Waals surface area contributed by atoms with Crippen LogP contribution in [0.3, 0.4) is 0 Å². The maximum Gasteiger partial charge on any atom is 0.159 e. The molecule has 0 saturated heterocycles. The zero-order valence-electron chi connectivity index (χ0n) is 17.1. The summed E-state index contributed by atoms with van der Waals surface area (Å²) in [5.41, 5.74) is 6.24. The standard InChI is InChI=1S/C26H19ClN2O2/c1-16(30)17-7-9-18(10-8-17)24(19-11-13-20(27)14-12-19)26-22-15-29(2)28-25(22)21-5-3-4-6-23(21)31-26/h3-15H,1-2H3. The molecule has 0 amide bonds. The van der Waals surface area contributed by atoms with Crippen molar-refractivity contribution in [3.63, 3.8) is 0 Å². The maximum atomic E-state index is 11.8. The van der Waals surface area contributed by atoms with Gasteiger partial charge >= 0.3 is 0 Å². The Morgan fingerprint density at radius 2 is 1.48 bits per heavy atom. The van der Waals surface area contributed by atoms with Gasteiger partial charge in [-0.25, -0.2) is 0 Å². The number of Topliss-reactive ketones (excluding diaryl/α,β-unsaturated/α-hetero) is 1. The Kier molecular flexibility index (Phi) is 4.72. The first-order chi connectivity index (χ1) is 15.0. The number of nitrogens with zero attached hydrogens (tertiary/aromatic N) is 2. The Hall–Kier alpha value is -3.63. The molecule has 0 atom stereocenters. The number of benzene rings is 3. The van der Waals surface area contributed by atoms with Crippen LogP contribution in [-0.2, 0) is 7.05 Å². The summed E-state index contributed by atoms with van der Waals surface area (Å²) in [7, 11) is 1.90. The van der Waals surface area contributed by atoms with Gasteiger partial charge in [0, 0.05) is 35.0 Å². The predicted molar refractivity (Wildman–Crippen MR) is 123 cm³/mol. The van der Waals surface area contributed by atoms with Gasteiger partial charge in [-0.1, -0.05) is 60.1 Å². The van der Waals surface area contributed by atoms with E-state index in [1.54, 1.807) is 11.6 Å². The van der Waals surface area contributed by atoms with Crippen molar-refractivity contribution in [2.75, 3.05) is 0 Å². The minimum Gasteiger partial charge on any atom is -0.455 e. The second-order valence-corrected chi connectivity index (χ2v) is 7.94. The molecule has 4 nitrogen and oxygen atoms in total. The first-order valence-corrected chi connectivity index (χ1v) is 10.3. The Labute approximate surface area is 185 Å². The molecule has 5 heteroatoms. The summed E-state index contributed by atoms with van der Waals surface area (Å²) in [6.07, 6.45) is 1.97. The summed E-state index contributed by atoms with van der Waals surface area (Å²) in [5, 5.41) is 5.36. The smallest absolute Gasteiger partial charge is 0.159 e. The summed E-state index contributed by atoms with van der Waals surface area (Å²) in [6, 6.07) is 23.2. The van der Waals surface area contributed by atoms with Gasteiger partial charge in [0.25, 0.3) is 0 Å². The zero-order valence-corrected chi connectivity index (χ0v) is 17.9. The van der Waals surface area contributed by atoms with Crippen LogP contribution < -0.4 is 4.74 Å². The summed E-state index contributed by atoms with van der Waals surface area (Å²) in [6.45, 7) is 1.57. The lowest BCUT2D eigenvalue weighted by molar-refractivity contribution is 0.101. The second kappa shape index (κ2) is 7.56. The minimum absolute atomic E-state index is 0.0321. The molecule has 4 aromatic rings. The van der Waals surface area contributed by atoms with Gasteiger partial charge in [-0.15, -0.1) is 0 Å². The van der Waals surface area contributed by atoms with Crippen LogP contribution in [0.5, 0.6) is 5.75 Å². The van der Waals surface area contributed by atoms with Crippen LogP contribution in [0.25, 0.3) is 22.6 Å². The van der Waals surface area contributed by atoms with Gasteiger partial charge in [-0.2, -0.15) is 5.10 Å². The molecular weight excluding hydrogens is 408 g/mol. The maximum absolute atomic E-state index is 11.8. The SMILES string of the molecule is CC(=O)c1ccc(C(=C2Oc3ccccc3-c3nn(C)cc32)c2ccc(Cl)cc2)cc1. The summed E-state index contributed by atoms with van der Waals surface area (Å²) >= 11 is 6.16. The van der Waals surface area contributed by atoms with E-state index in [4.69, 9.17) is 21.4 Å². The van der Waals surface area contributed by atoms with E-state index in [2.05, 4.69) is 0 Å². The quantitative estimate of drug-likeness (QED) is 0.363. The van der Waals surface area contributed by atoms with E-state index in [1.807, 2.05) is 86.0 Å². The average Bonchev–Trinajstić information content (AvgIpc) is 3.17. The largest absolute Gasteiger partial charge is 0.455 e. The predicted octanol–water partition coefficient (Wildman–Crippen LogP) is 6.25. The fourth-order valence-corrected chi connectivity index (χ4v) is 4.00. The summed E-state index contributed by atoms with van der Waals surface area (Å²) in [5.74, 6) is 1.51. The van der Waals surface area contributed by atoms with Crippen molar-refractivity contribution in [3.8, 4) is 17.0 Å². The van der Waals surface area contributed by atoms with Crippen LogP contribution in [0.2, 0.25) is 5.02 Å². The number of hydrogen-bond acceptors (Lipinski definition) is 3. The number of aromatic nitrogens is 2. The Bertz CT molecular complexity index is 1330. The highest BCUT2D eigenvalue weighted by Gasteiger charge is 2.28. The van der Waals surface area contributed by atoms with E-state index in [-0.39, 0.29) is 5.78 Å². The topological polar surface area (TPSA) is 44.1 Å². The zero-order chi connectivity index (χ0) is 21.5. The molecule has 0 aliphatic carbocycles. The molecule has 0 unspecified atom stereocenters. The molecule has 0 spiro atoms. The van der Waals surface area contributed by atoms with E-state index >= 15 is 0 Å². The number of ketones is 1. The molecule has 2 heterocycles. The normalized spacial score (nSPS) is 13.8. The average molecular weight is 427 g/mol. The molecule has 0 bridgehead atoms. The molecule has 5 rings (SSSR count). The van der Waals surface area contributed by atoms with Gasteiger partial charge < -0.3 is 4.74 Å². The van der Waals surface area contributed by atoms with E-state index in [1.165, 1.54) is 0 Å². The highest BCUT2D eigenvalue weighted by atomic mass is 35.5. The number of hydrogen-bond donors (Lipinski definition) is 0. The first kappa shape index (κ1) is 19.3. The van der Waals surface area contributed by atoms with Gasteiger partial charge in [-0.3, -0.25) is 9.48 Å². The summed E-state index contributed by atoms with van der Waals surface area (Å²) in [4.78, 5) is 11.8. The van der Waals surface area contributed by atoms with Crippen molar-refractivity contribution in [2.24, 2.45) is 7.05 Å². The Balaban J connectivity index is 1.80. The molecule has 31 heavy (non-hydrogen) atoms. The fourth-order valence-electron chi connectivity index (χ4n) is 3.87.